The molecule has 0 spiro atoms. The van der Waals surface area contributed by atoms with Crippen LogP contribution in [-0.2, 0) is 11.5 Å². The van der Waals surface area contributed by atoms with E-state index in [0.717, 1.165) is 18.2 Å². The molecule has 2 rings (SSSR count). The number of nitro benzene ring substituents is 1. The lowest BCUT2D eigenvalue weighted by molar-refractivity contribution is -0.386. The standard InChI is InChI=1S/C12H10FN3O5/c1-20-12(17)9-4-5-15(14-9)7-21-11-6-8(13)2-3-10(11)16(18)19/h2-6H,7H2,1H3. The minimum absolute atomic E-state index is 0.0647. The molecular weight excluding hydrogens is 285 g/mol. The van der Waals surface area contributed by atoms with E-state index in [1.165, 1.54) is 24.1 Å². The van der Waals surface area contributed by atoms with Gasteiger partial charge in [-0.3, -0.25) is 10.1 Å². The molecule has 0 aliphatic rings. The van der Waals surface area contributed by atoms with E-state index in [-0.39, 0.29) is 23.9 Å². The Morgan fingerprint density at radius 2 is 2.24 bits per heavy atom. The Balaban J connectivity index is 2.13. The second kappa shape index (κ2) is 5.99. The molecule has 2 aromatic rings. The predicted octanol–water partition coefficient (Wildman–Crippen LogP) is 1.75. The molecule has 1 heterocycles. The SMILES string of the molecule is COC(=O)c1ccn(COc2cc(F)ccc2[N+](=O)[O-])n1. The smallest absolute Gasteiger partial charge is 0.358 e. The van der Waals surface area contributed by atoms with Crippen molar-refractivity contribution in [1.82, 2.24) is 9.78 Å². The van der Waals surface area contributed by atoms with Gasteiger partial charge >= 0.3 is 11.7 Å². The summed E-state index contributed by atoms with van der Waals surface area (Å²) >= 11 is 0. The number of methoxy groups -OCH3 is 1. The van der Waals surface area contributed by atoms with Crippen molar-refractivity contribution in [2.75, 3.05) is 7.11 Å². The van der Waals surface area contributed by atoms with Crippen LogP contribution in [0.1, 0.15) is 10.5 Å². The summed E-state index contributed by atoms with van der Waals surface area (Å²) in [5.74, 6) is -1.51. The van der Waals surface area contributed by atoms with Gasteiger partial charge < -0.3 is 9.47 Å². The van der Waals surface area contributed by atoms with Gasteiger partial charge in [-0.25, -0.2) is 13.9 Å². The number of rotatable bonds is 5. The maximum atomic E-state index is 13.1. The third-order valence-corrected chi connectivity index (χ3v) is 2.51. The molecule has 0 aliphatic heterocycles. The van der Waals surface area contributed by atoms with Crippen molar-refractivity contribution in [2.45, 2.75) is 6.73 Å². The van der Waals surface area contributed by atoms with E-state index in [4.69, 9.17) is 4.74 Å². The zero-order valence-electron chi connectivity index (χ0n) is 10.9. The first-order valence-electron chi connectivity index (χ1n) is 5.70. The van der Waals surface area contributed by atoms with Crippen LogP contribution in [0, 0.1) is 15.9 Å². The normalized spacial score (nSPS) is 10.2. The highest BCUT2D eigenvalue weighted by Crippen LogP contribution is 2.27. The molecule has 21 heavy (non-hydrogen) atoms. The molecule has 0 bridgehead atoms. The molecule has 0 fully saturated rings. The Kier molecular flexibility index (Phi) is 4.12. The monoisotopic (exact) mass is 295 g/mol. The summed E-state index contributed by atoms with van der Waals surface area (Å²) in [6.07, 6.45) is 1.43. The first-order chi connectivity index (χ1) is 10.0. The number of carbonyl (C=O) groups excluding carboxylic acids is 1. The molecule has 0 unspecified atom stereocenters. The number of nitrogens with zero attached hydrogens (tertiary/aromatic N) is 3. The van der Waals surface area contributed by atoms with Gasteiger partial charge in [-0.15, -0.1) is 0 Å². The van der Waals surface area contributed by atoms with E-state index in [2.05, 4.69) is 9.84 Å². The fraction of sp³-hybridized carbons (Fsp3) is 0.167. The van der Waals surface area contributed by atoms with Gasteiger partial charge in [-0.2, -0.15) is 5.10 Å². The van der Waals surface area contributed by atoms with Crippen molar-refractivity contribution < 1.29 is 23.6 Å². The zero-order valence-corrected chi connectivity index (χ0v) is 10.9. The highest BCUT2D eigenvalue weighted by molar-refractivity contribution is 5.86. The Morgan fingerprint density at radius 1 is 1.48 bits per heavy atom. The molecule has 0 saturated heterocycles. The molecule has 110 valence electrons. The van der Waals surface area contributed by atoms with E-state index in [0.29, 0.717) is 0 Å². The summed E-state index contributed by atoms with van der Waals surface area (Å²) in [5.41, 5.74) is -0.299. The van der Waals surface area contributed by atoms with Gasteiger partial charge in [0.15, 0.2) is 12.4 Å². The summed E-state index contributed by atoms with van der Waals surface area (Å²) in [6.45, 7) is -0.221. The highest BCUT2D eigenvalue weighted by Gasteiger charge is 2.16. The number of ether oxygens (including phenoxy) is 2. The third kappa shape index (κ3) is 3.32. The van der Waals surface area contributed by atoms with Crippen molar-refractivity contribution in [1.29, 1.82) is 0 Å². The van der Waals surface area contributed by atoms with E-state index >= 15 is 0 Å². The van der Waals surface area contributed by atoms with Crippen molar-refractivity contribution >= 4 is 11.7 Å². The molecule has 0 amide bonds. The molecule has 0 aliphatic carbocycles. The fourth-order valence-corrected chi connectivity index (χ4v) is 1.54. The summed E-state index contributed by atoms with van der Waals surface area (Å²) in [5, 5.41) is 14.6. The fourth-order valence-electron chi connectivity index (χ4n) is 1.54. The molecular formula is C12H10FN3O5. The van der Waals surface area contributed by atoms with Crippen LogP contribution in [0.25, 0.3) is 0 Å². The van der Waals surface area contributed by atoms with E-state index in [9.17, 15) is 19.3 Å². The molecule has 9 heteroatoms. The van der Waals surface area contributed by atoms with Gasteiger partial charge in [0.1, 0.15) is 5.82 Å². The topological polar surface area (TPSA) is 96.5 Å². The molecule has 0 N–H and O–H groups in total. The van der Waals surface area contributed by atoms with Crippen LogP contribution in [0.5, 0.6) is 5.75 Å². The maximum Gasteiger partial charge on any atom is 0.358 e. The maximum absolute atomic E-state index is 13.1. The number of halogens is 1. The van der Waals surface area contributed by atoms with Crippen LogP contribution in [-0.4, -0.2) is 27.8 Å². The van der Waals surface area contributed by atoms with Crippen molar-refractivity contribution in [3.05, 3.63) is 52.1 Å². The van der Waals surface area contributed by atoms with Crippen molar-refractivity contribution in [2.24, 2.45) is 0 Å². The molecule has 1 aromatic carbocycles. The number of esters is 1. The average Bonchev–Trinajstić information content (AvgIpc) is 2.93. The van der Waals surface area contributed by atoms with Gasteiger partial charge in [0, 0.05) is 18.3 Å². The van der Waals surface area contributed by atoms with Crippen LogP contribution >= 0.6 is 0 Å². The quantitative estimate of drug-likeness (QED) is 0.473. The van der Waals surface area contributed by atoms with Gasteiger partial charge in [0.05, 0.1) is 12.0 Å². The molecule has 8 nitrogen and oxygen atoms in total. The first kappa shape index (κ1) is 14.4. The number of benzene rings is 1. The highest BCUT2D eigenvalue weighted by atomic mass is 19.1. The zero-order chi connectivity index (χ0) is 15.4. The molecule has 1 aromatic heterocycles. The largest absolute Gasteiger partial charge is 0.464 e. The second-order valence-corrected chi connectivity index (χ2v) is 3.87. The van der Waals surface area contributed by atoms with Crippen LogP contribution in [0.3, 0.4) is 0 Å². The number of carbonyl (C=O) groups is 1. The summed E-state index contributed by atoms with van der Waals surface area (Å²) in [4.78, 5) is 21.3. The second-order valence-electron chi connectivity index (χ2n) is 3.87. The van der Waals surface area contributed by atoms with Crippen LogP contribution in [0.4, 0.5) is 10.1 Å². The van der Waals surface area contributed by atoms with Crippen LogP contribution in [0.15, 0.2) is 30.5 Å². The van der Waals surface area contributed by atoms with Gasteiger partial charge in [0.25, 0.3) is 0 Å². The van der Waals surface area contributed by atoms with Crippen LogP contribution in [0.2, 0.25) is 0 Å². The summed E-state index contributed by atoms with van der Waals surface area (Å²) in [6, 6.07) is 4.28. The number of aromatic nitrogens is 2. The minimum atomic E-state index is -0.683. The lowest BCUT2D eigenvalue weighted by atomic mass is 10.3. The van der Waals surface area contributed by atoms with Gasteiger partial charge in [0.2, 0.25) is 5.75 Å². The minimum Gasteiger partial charge on any atom is -0.464 e. The lowest BCUT2D eigenvalue weighted by Crippen LogP contribution is -2.09. The first-order valence-corrected chi connectivity index (χ1v) is 5.70. The van der Waals surface area contributed by atoms with E-state index < -0.39 is 16.7 Å². The van der Waals surface area contributed by atoms with E-state index in [1.54, 1.807) is 0 Å². The van der Waals surface area contributed by atoms with Gasteiger partial charge in [-0.05, 0) is 12.1 Å². The Bertz CT molecular complexity index is 685. The third-order valence-electron chi connectivity index (χ3n) is 2.51. The average molecular weight is 295 g/mol. The van der Waals surface area contributed by atoms with Crippen molar-refractivity contribution in [3.8, 4) is 5.75 Å². The van der Waals surface area contributed by atoms with E-state index in [1.807, 2.05) is 0 Å². The van der Waals surface area contributed by atoms with Crippen LogP contribution < -0.4 is 4.74 Å². The molecule has 0 radical (unpaired) electrons. The number of hydrogen-bond donors (Lipinski definition) is 0. The molecule has 0 atom stereocenters. The number of hydrogen-bond acceptors (Lipinski definition) is 6. The summed E-state index contributed by atoms with van der Waals surface area (Å²) in [7, 11) is 1.22. The van der Waals surface area contributed by atoms with Gasteiger partial charge in [-0.1, -0.05) is 0 Å². The predicted molar refractivity (Wildman–Crippen MR) is 67.2 cm³/mol. The summed E-state index contributed by atoms with van der Waals surface area (Å²) < 4.78 is 24.0. The number of nitro groups is 1. The molecule has 0 saturated carbocycles. The Morgan fingerprint density at radius 3 is 2.90 bits per heavy atom. The van der Waals surface area contributed by atoms with Crippen molar-refractivity contribution in [3.63, 3.8) is 0 Å². The lowest BCUT2D eigenvalue weighted by Gasteiger charge is -2.06. The Labute approximate surface area is 117 Å². The Hall–Kier alpha value is -2.97.